The molecule has 0 unspecified atom stereocenters. The number of ether oxygens (including phenoxy) is 1. The normalized spacial score (nSPS) is 20.8. The van der Waals surface area contributed by atoms with Crippen LogP contribution in [0.2, 0.25) is 0 Å². The lowest BCUT2D eigenvalue weighted by Crippen LogP contribution is -2.45. The van der Waals surface area contributed by atoms with E-state index in [0.29, 0.717) is 12.3 Å². The van der Waals surface area contributed by atoms with Crippen molar-refractivity contribution in [1.82, 2.24) is 9.80 Å². The average Bonchev–Trinajstić information content (AvgIpc) is 3.05. The van der Waals surface area contributed by atoms with Gasteiger partial charge in [-0.15, -0.1) is 0 Å². The summed E-state index contributed by atoms with van der Waals surface area (Å²) < 4.78 is 5.28. The Morgan fingerprint density at radius 3 is 2.92 bits per heavy atom. The van der Waals surface area contributed by atoms with Crippen molar-refractivity contribution in [3.63, 3.8) is 0 Å². The van der Waals surface area contributed by atoms with E-state index < -0.39 is 0 Å². The standard InChI is InChI=1S/C20H28N2O3/c1-25-18-7-2-5-16(13-18)9-10-17-6-3-11-21(14-17)20(24)15-22-12-4-8-19(22)23/h2,5,7,13,17H,3-4,6,8-12,14-15H2,1H3/t17-/m0/s1. The zero-order valence-electron chi connectivity index (χ0n) is 15.1. The Morgan fingerprint density at radius 1 is 1.28 bits per heavy atom. The van der Waals surface area contributed by atoms with Gasteiger partial charge in [0.05, 0.1) is 13.7 Å². The van der Waals surface area contributed by atoms with E-state index in [4.69, 9.17) is 4.74 Å². The number of amides is 2. The van der Waals surface area contributed by atoms with E-state index in [9.17, 15) is 9.59 Å². The van der Waals surface area contributed by atoms with Crippen LogP contribution >= 0.6 is 0 Å². The molecule has 0 aliphatic carbocycles. The molecular formula is C20H28N2O3. The minimum atomic E-state index is 0.112. The highest BCUT2D eigenvalue weighted by molar-refractivity contribution is 5.85. The number of carbonyl (C=O) groups is 2. The van der Waals surface area contributed by atoms with Gasteiger partial charge in [-0.05, 0) is 55.7 Å². The molecule has 0 aromatic heterocycles. The topological polar surface area (TPSA) is 49.9 Å². The monoisotopic (exact) mass is 344 g/mol. The van der Waals surface area contributed by atoms with E-state index in [1.165, 1.54) is 12.0 Å². The van der Waals surface area contributed by atoms with Crippen LogP contribution in [0.3, 0.4) is 0 Å². The second-order valence-electron chi connectivity index (χ2n) is 7.16. The number of aryl methyl sites for hydroxylation is 1. The average molecular weight is 344 g/mol. The summed E-state index contributed by atoms with van der Waals surface area (Å²) >= 11 is 0. The first-order valence-electron chi connectivity index (χ1n) is 9.34. The molecule has 5 nitrogen and oxygen atoms in total. The molecule has 0 bridgehead atoms. The minimum absolute atomic E-state index is 0.112. The SMILES string of the molecule is COc1cccc(CC[C@@H]2CCCN(C(=O)CN3CCCC3=O)C2)c1. The van der Waals surface area contributed by atoms with E-state index in [1.54, 1.807) is 12.0 Å². The predicted octanol–water partition coefficient (Wildman–Crippen LogP) is 2.49. The van der Waals surface area contributed by atoms with Crippen molar-refractivity contribution in [2.75, 3.05) is 33.3 Å². The largest absolute Gasteiger partial charge is 0.497 e. The third kappa shape index (κ3) is 4.74. The van der Waals surface area contributed by atoms with Gasteiger partial charge in [-0.25, -0.2) is 0 Å². The molecule has 136 valence electrons. The summed E-state index contributed by atoms with van der Waals surface area (Å²) in [6.07, 6.45) is 5.80. The Kier molecular flexibility index (Phi) is 5.95. The molecule has 0 N–H and O–H groups in total. The Hall–Kier alpha value is -2.04. The van der Waals surface area contributed by atoms with Gasteiger partial charge in [0.25, 0.3) is 0 Å². The van der Waals surface area contributed by atoms with Crippen LogP contribution in [0.15, 0.2) is 24.3 Å². The van der Waals surface area contributed by atoms with Crippen LogP contribution in [0.4, 0.5) is 0 Å². The molecule has 5 heteroatoms. The molecular weight excluding hydrogens is 316 g/mol. The van der Waals surface area contributed by atoms with Crippen LogP contribution in [0.25, 0.3) is 0 Å². The summed E-state index contributed by atoms with van der Waals surface area (Å²) in [5, 5.41) is 0. The van der Waals surface area contributed by atoms with Crippen LogP contribution in [-0.4, -0.2) is 54.9 Å². The number of hydrogen-bond acceptors (Lipinski definition) is 3. The lowest BCUT2D eigenvalue weighted by molar-refractivity contribution is -0.139. The van der Waals surface area contributed by atoms with Gasteiger partial charge in [0.15, 0.2) is 0 Å². The van der Waals surface area contributed by atoms with Crippen LogP contribution in [0.1, 0.15) is 37.7 Å². The molecule has 0 radical (unpaired) electrons. The number of benzene rings is 1. The fourth-order valence-corrected chi connectivity index (χ4v) is 3.86. The van der Waals surface area contributed by atoms with E-state index in [0.717, 1.165) is 51.1 Å². The van der Waals surface area contributed by atoms with Gasteiger partial charge in [-0.3, -0.25) is 9.59 Å². The zero-order valence-corrected chi connectivity index (χ0v) is 15.1. The van der Waals surface area contributed by atoms with E-state index in [1.807, 2.05) is 17.0 Å². The highest BCUT2D eigenvalue weighted by atomic mass is 16.5. The summed E-state index contributed by atoms with van der Waals surface area (Å²) in [6.45, 7) is 2.65. The first kappa shape index (κ1) is 17.8. The van der Waals surface area contributed by atoms with Crippen molar-refractivity contribution in [3.05, 3.63) is 29.8 Å². The molecule has 2 fully saturated rings. The van der Waals surface area contributed by atoms with Crippen LogP contribution < -0.4 is 4.74 Å². The highest BCUT2D eigenvalue weighted by Gasteiger charge is 2.28. The number of methoxy groups -OCH3 is 1. The minimum Gasteiger partial charge on any atom is -0.497 e. The third-order valence-corrected chi connectivity index (χ3v) is 5.34. The van der Waals surface area contributed by atoms with Crippen LogP contribution in [-0.2, 0) is 16.0 Å². The second-order valence-corrected chi connectivity index (χ2v) is 7.16. The molecule has 2 heterocycles. The molecule has 2 saturated heterocycles. The number of piperidine rings is 1. The Labute approximate surface area is 149 Å². The molecule has 1 aromatic carbocycles. The van der Waals surface area contributed by atoms with Gasteiger partial charge in [-0.1, -0.05) is 12.1 Å². The first-order chi connectivity index (χ1) is 12.2. The van der Waals surface area contributed by atoms with Gasteiger partial charge in [0.2, 0.25) is 11.8 Å². The number of hydrogen-bond donors (Lipinski definition) is 0. The summed E-state index contributed by atoms with van der Waals surface area (Å²) in [6, 6.07) is 8.21. The summed E-state index contributed by atoms with van der Waals surface area (Å²) in [5.74, 6) is 1.67. The van der Waals surface area contributed by atoms with Crippen molar-refractivity contribution in [3.8, 4) is 5.75 Å². The molecule has 1 aromatic rings. The number of carbonyl (C=O) groups excluding carboxylic acids is 2. The molecule has 3 rings (SSSR count). The summed E-state index contributed by atoms with van der Waals surface area (Å²) in [4.78, 5) is 27.9. The smallest absolute Gasteiger partial charge is 0.242 e. The Balaban J connectivity index is 1.48. The molecule has 1 atom stereocenters. The van der Waals surface area contributed by atoms with Crippen molar-refractivity contribution >= 4 is 11.8 Å². The molecule has 2 aliphatic heterocycles. The molecule has 2 aliphatic rings. The maximum atomic E-state index is 12.5. The first-order valence-corrected chi connectivity index (χ1v) is 9.34. The lowest BCUT2D eigenvalue weighted by Gasteiger charge is -2.34. The molecule has 0 saturated carbocycles. The quantitative estimate of drug-likeness (QED) is 0.797. The van der Waals surface area contributed by atoms with Crippen LogP contribution in [0, 0.1) is 5.92 Å². The fraction of sp³-hybridized carbons (Fsp3) is 0.600. The van der Waals surface area contributed by atoms with Gasteiger partial charge in [0, 0.05) is 26.1 Å². The highest BCUT2D eigenvalue weighted by Crippen LogP contribution is 2.23. The number of rotatable bonds is 6. The summed E-state index contributed by atoms with van der Waals surface area (Å²) in [5.41, 5.74) is 1.28. The van der Waals surface area contributed by atoms with Crippen molar-refractivity contribution < 1.29 is 14.3 Å². The number of likely N-dealkylation sites (tertiary alicyclic amines) is 2. The van der Waals surface area contributed by atoms with Crippen molar-refractivity contribution in [1.29, 1.82) is 0 Å². The lowest BCUT2D eigenvalue weighted by atomic mass is 9.91. The molecule has 0 spiro atoms. The summed E-state index contributed by atoms with van der Waals surface area (Å²) in [7, 11) is 1.69. The molecule has 2 amide bonds. The Bertz CT molecular complexity index is 617. The zero-order chi connectivity index (χ0) is 17.6. The second kappa shape index (κ2) is 8.37. The van der Waals surface area contributed by atoms with Gasteiger partial charge >= 0.3 is 0 Å². The van der Waals surface area contributed by atoms with E-state index in [2.05, 4.69) is 12.1 Å². The van der Waals surface area contributed by atoms with E-state index in [-0.39, 0.29) is 18.4 Å². The van der Waals surface area contributed by atoms with Crippen molar-refractivity contribution in [2.24, 2.45) is 5.92 Å². The van der Waals surface area contributed by atoms with Gasteiger partial charge in [0.1, 0.15) is 5.75 Å². The predicted molar refractivity (Wildman–Crippen MR) is 96.4 cm³/mol. The maximum Gasteiger partial charge on any atom is 0.242 e. The third-order valence-electron chi connectivity index (χ3n) is 5.34. The van der Waals surface area contributed by atoms with Crippen LogP contribution in [0.5, 0.6) is 5.75 Å². The van der Waals surface area contributed by atoms with Crippen molar-refractivity contribution in [2.45, 2.75) is 38.5 Å². The van der Waals surface area contributed by atoms with E-state index >= 15 is 0 Å². The van der Waals surface area contributed by atoms with Gasteiger partial charge < -0.3 is 14.5 Å². The fourth-order valence-electron chi connectivity index (χ4n) is 3.86. The maximum absolute atomic E-state index is 12.5. The Morgan fingerprint density at radius 2 is 2.16 bits per heavy atom. The van der Waals surface area contributed by atoms with Gasteiger partial charge in [-0.2, -0.15) is 0 Å². The number of nitrogens with zero attached hydrogens (tertiary/aromatic N) is 2. The molecule has 25 heavy (non-hydrogen) atoms.